The number of piperazine rings is 1. The Morgan fingerprint density at radius 3 is 2.45 bits per heavy atom. The summed E-state index contributed by atoms with van der Waals surface area (Å²) in [6.07, 6.45) is 6.09. The fourth-order valence-corrected chi connectivity index (χ4v) is 4.11. The highest BCUT2D eigenvalue weighted by Crippen LogP contribution is 2.32. The van der Waals surface area contributed by atoms with Crippen molar-refractivity contribution in [2.75, 3.05) is 31.1 Å². The van der Waals surface area contributed by atoms with Gasteiger partial charge in [0.15, 0.2) is 0 Å². The van der Waals surface area contributed by atoms with Crippen LogP contribution in [0.2, 0.25) is 0 Å². The van der Waals surface area contributed by atoms with Crippen LogP contribution in [0.15, 0.2) is 60.5 Å². The molecule has 2 aliphatic rings. The molecule has 0 spiro atoms. The predicted octanol–water partition coefficient (Wildman–Crippen LogP) is 5.00. The highest BCUT2D eigenvalue weighted by molar-refractivity contribution is 5.80. The van der Waals surface area contributed by atoms with Crippen LogP contribution in [0.4, 0.5) is 19.0 Å². The third-order valence-corrected chi connectivity index (χ3v) is 5.83. The number of benzene rings is 1. The summed E-state index contributed by atoms with van der Waals surface area (Å²) in [4.78, 5) is 16.7. The number of rotatable bonds is 3. The van der Waals surface area contributed by atoms with E-state index in [1.165, 1.54) is 11.8 Å². The second-order valence-electron chi connectivity index (χ2n) is 7.82. The lowest BCUT2D eigenvalue weighted by Crippen LogP contribution is -2.46. The molecule has 1 aliphatic heterocycles. The molecule has 0 atom stereocenters. The molecule has 1 aliphatic carbocycles. The Kier molecular flexibility index (Phi) is 4.92. The van der Waals surface area contributed by atoms with E-state index >= 15 is 0 Å². The number of aromatic amines is 1. The van der Waals surface area contributed by atoms with Gasteiger partial charge in [0.1, 0.15) is 11.6 Å². The van der Waals surface area contributed by atoms with Crippen molar-refractivity contribution in [1.82, 2.24) is 19.9 Å². The lowest BCUT2D eigenvalue weighted by molar-refractivity contribution is -0.137. The standard InChI is InChI=1S/C23H22F3N5/c24-23(25,26)17-7-8-19-20(14-17)29-22(28-19)16-6-9-21(27-15-16)31-12-10-30(11-13-31)18-4-2-1-3-5-18/h1-2,4,6-9,14-15H,3,5,10-13H2,(H,28,29). The van der Waals surface area contributed by atoms with Crippen LogP contribution in [-0.2, 0) is 6.18 Å². The molecule has 1 saturated heterocycles. The number of allylic oxidation sites excluding steroid dienone is 4. The van der Waals surface area contributed by atoms with Gasteiger partial charge in [-0.15, -0.1) is 0 Å². The largest absolute Gasteiger partial charge is 0.416 e. The normalized spacial score (nSPS) is 17.3. The highest BCUT2D eigenvalue weighted by atomic mass is 19.4. The molecule has 8 heteroatoms. The lowest BCUT2D eigenvalue weighted by atomic mass is 10.1. The zero-order valence-electron chi connectivity index (χ0n) is 16.9. The summed E-state index contributed by atoms with van der Waals surface area (Å²) in [6, 6.07) is 7.38. The number of hydrogen-bond donors (Lipinski definition) is 1. The van der Waals surface area contributed by atoms with Gasteiger partial charge in [0.2, 0.25) is 0 Å². The van der Waals surface area contributed by atoms with Gasteiger partial charge in [-0.2, -0.15) is 13.2 Å². The third-order valence-electron chi connectivity index (χ3n) is 5.83. The van der Waals surface area contributed by atoms with Crippen molar-refractivity contribution in [1.29, 1.82) is 0 Å². The minimum atomic E-state index is -4.38. The van der Waals surface area contributed by atoms with Crippen LogP contribution in [0.5, 0.6) is 0 Å². The molecular formula is C23H22F3N5. The SMILES string of the molecule is FC(F)(F)c1ccc2nc(-c3ccc(N4CCN(C5=CC=CCC5)CC4)nc3)[nH]c2c1. The first-order valence-corrected chi connectivity index (χ1v) is 10.4. The quantitative estimate of drug-likeness (QED) is 0.642. The fourth-order valence-electron chi connectivity index (χ4n) is 4.11. The van der Waals surface area contributed by atoms with Crippen molar-refractivity contribution in [3.8, 4) is 11.4 Å². The first-order valence-electron chi connectivity index (χ1n) is 10.4. The number of anilines is 1. The van der Waals surface area contributed by atoms with Crippen molar-refractivity contribution in [3.05, 3.63) is 66.0 Å². The van der Waals surface area contributed by atoms with Crippen molar-refractivity contribution in [3.63, 3.8) is 0 Å². The van der Waals surface area contributed by atoms with Gasteiger partial charge < -0.3 is 14.8 Å². The summed E-state index contributed by atoms with van der Waals surface area (Å²) in [7, 11) is 0. The van der Waals surface area contributed by atoms with Gasteiger partial charge in [-0.05, 0) is 49.2 Å². The Balaban J connectivity index is 1.29. The van der Waals surface area contributed by atoms with Crippen LogP contribution in [0.1, 0.15) is 18.4 Å². The molecule has 5 rings (SSSR count). The van der Waals surface area contributed by atoms with Crippen LogP contribution in [0, 0.1) is 0 Å². The Bertz CT molecular complexity index is 1140. The van der Waals surface area contributed by atoms with Gasteiger partial charge in [-0.3, -0.25) is 0 Å². The Labute approximate surface area is 177 Å². The second kappa shape index (κ2) is 7.76. The molecule has 31 heavy (non-hydrogen) atoms. The average Bonchev–Trinajstić information content (AvgIpc) is 3.23. The summed E-state index contributed by atoms with van der Waals surface area (Å²) in [5.74, 6) is 1.41. The fraction of sp³-hybridized carbons (Fsp3) is 0.304. The maximum atomic E-state index is 12.9. The summed E-state index contributed by atoms with van der Waals surface area (Å²) in [5.41, 5.74) is 2.31. The molecular weight excluding hydrogens is 403 g/mol. The van der Waals surface area contributed by atoms with Crippen LogP contribution >= 0.6 is 0 Å². The number of fused-ring (bicyclic) bond motifs is 1. The topological polar surface area (TPSA) is 48.1 Å². The first-order chi connectivity index (χ1) is 15.0. The van der Waals surface area contributed by atoms with Crippen LogP contribution in [0.25, 0.3) is 22.4 Å². The number of halogens is 3. The smallest absolute Gasteiger partial charge is 0.371 e. The van der Waals surface area contributed by atoms with Crippen LogP contribution in [-0.4, -0.2) is 46.0 Å². The first kappa shape index (κ1) is 19.7. The van der Waals surface area contributed by atoms with Crippen LogP contribution < -0.4 is 4.90 Å². The van der Waals surface area contributed by atoms with Crippen molar-refractivity contribution < 1.29 is 13.2 Å². The van der Waals surface area contributed by atoms with E-state index in [0.29, 0.717) is 16.9 Å². The summed E-state index contributed by atoms with van der Waals surface area (Å²) in [5, 5.41) is 0. The molecule has 2 aromatic heterocycles. The molecule has 0 unspecified atom stereocenters. The number of aromatic nitrogens is 3. The maximum Gasteiger partial charge on any atom is 0.416 e. The second-order valence-corrected chi connectivity index (χ2v) is 7.82. The van der Waals surface area contributed by atoms with Gasteiger partial charge in [0.05, 0.1) is 16.6 Å². The number of alkyl halides is 3. The number of pyridine rings is 1. The summed E-state index contributed by atoms with van der Waals surface area (Å²) in [6.45, 7) is 3.74. The van der Waals surface area contributed by atoms with E-state index in [0.717, 1.165) is 62.5 Å². The van der Waals surface area contributed by atoms with E-state index in [4.69, 9.17) is 0 Å². The van der Waals surface area contributed by atoms with Gasteiger partial charge >= 0.3 is 6.18 Å². The highest BCUT2D eigenvalue weighted by Gasteiger charge is 2.30. The monoisotopic (exact) mass is 425 g/mol. The van der Waals surface area contributed by atoms with Crippen molar-refractivity contribution in [2.24, 2.45) is 0 Å². The lowest BCUT2D eigenvalue weighted by Gasteiger charge is -2.38. The molecule has 3 heterocycles. The van der Waals surface area contributed by atoms with Gasteiger partial charge in [-0.1, -0.05) is 12.2 Å². The summed E-state index contributed by atoms with van der Waals surface area (Å²) >= 11 is 0. The van der Waals surface area contributed by atoms with Crippen molar-refractivity contribution >= 4 is 16.9 Å². The Morgan fingerprint density at radius 1 is 0.968 bits per heavy atom. The molecule has 1 aromatic carbocycles. The minimum absolute atomic E-state index is 0.358. The van der Waals surface area contributed by atoms with E-state index in [-0.39, 0.29) is 0 Å². The Morgan fingerprint density at radius 2 is 1.77 bits per heavy atom. The van der Waals surface area contributed by atoms with Gasteiger partial charge in [-0.25, -0.2) is 9.97 Å². The molecule has 3 aromatic rings. The van der Waals surface area contributed by atoms with E-state index in [2.05, 4.69) is 43.0 Å². The zero-order chi connectivity index (χ0) is 21.4. The van der Waals surface area contributed by atoms with Gasteiger partial charge in [0, 0.05) is 43.6 Å². The molecule has 0 amide bonds. The number of H-pyrrole nitrogens is 1. The minimum Gasteiger partial charge on any atom is -0.371 e. The number of hydrogen-bond acceptors (Lipinski definition) is 4. The zero-order valence-corrected chi connectivity index (χ0v) is 16.9. The average molecular weight is 425 g/mol. The molecule has 0 saturated carbocycles. The van der Waals surface area contributed by atoms with Crippen molar-refractivity contribution in [2.45, 2.75) is 19.0 Å². The van der Waals surface area contributed by atoms with E-state index in [1.807, 2.05) is 12.1 Å². The molecule has 160 valence electrons. The number of nitrogens with one attached hydrogen (secondary N) is 1. The van der Waals surface area contributed by atoms with Gasteiger partial charge in [0.25, 0.3) is 0 Å². The summed E-state index contributed by atoms with van der Waals surface area (Å²) < 4.78 is 38.8. The van der Waals surface area contributed by atoms with E-state index in [9.17, 15) is 13.2 Å². The van der Waals surface area contributed by atoms with E-state index < -0.39 is 11.7 Å². The molecule has 0 radical (unpaired) electrons. The van der Waals surface area contributed by atoms with Crippen LogP contribution in [0.3, 0.4) is 0 Å². The molecule has 1 N–H and O–H groups in total. The third kappa shape index (κ3) is 4.02. The number of imidazole rings is 1. The number of nitrogens with zero attached hydrogens (tertiary/aromatic N) is 4. The molecule has 0 bridgehead atoms. The molecule has 5 nitrogen and oxygen atoms in total. The predicted molar refractivity (Wildman–Crippen MR) is 115 cm³/mol. The maximum absolute atomic E-state index is 12.9. The van der Waals surface area contributed by atoms with E-state index in [1.54, 1.807) is 6.20 Å². The molecule has 1 fully saturated rings. The Hall–Kier alpha value is -3.29.